The van der Waals surface area contributed by atoms with Crippen molar-refractivity contribution in [2.45, 2.75) is 354 Å². The highest BCUT2D eigenvalue weighted by Crippen LogP contribution is 2.17. The number of unbranched alkanes of at least 4 members (excludes halogenated alkanes) is 42. The van der Waals surface area contributed by atoms with Crippen LogP contribution in [-0.2, 0) is 28.6 Å². The average Bonchev–Trinajstić information content (AvgIpc) is 3.38. The monoisotopic (exact) mass is 1010 g/mol. The highest BCUT2D eigenvalue weighted by atomic mass is 16.6. The van der Waals surface area contributed by atoms with Crippen LogP contribution in [0.2, 0.25) is 0 Å². The van der Waals surface area contributed by atoms with Gasteiger partial charge in [0.2, 0.25) is 0 Å². The molecule has 6 heteroatoms. The minimum absolute atomic E-state index is 0.0659. The van der Waals surface area contributed by atoms with Crippen LogP contribution in [0.4, 0.5) is 0 Å². The number of hydrogen-bond acceptors (Lipinski definition) is 6. The van der Waals surface area contributed by atoms with Crippen molar-refractivity contribution >= 4 is 17.9 Å². The summed E-state index contributed by atoms with van der Waals surface area (Å²) in [6, 6.07) is 0. The number of esters is 3. The molecule has 6 nitrogen and oxygen atoms in total. The zero-order chi connectivity index (χ0) is 52.2. The highest BCUT2D eigenvalue weighted by Gasteiger charge is 2.19. The fourth-order valence-electron chi connectivity index (χ4n) is 9.57. The second-order valence-corrected chi connectivity index (χ2v) is 21.7. The van der Waals surface area contributed by atoms with E-state index in [1.54, 1.807) is 0 Å². The van der Waals surface area contributed by atoms with E-state index in [1.165, 1.54) is 238 Å². The zero-order valence-corrected chi connectivity index (χ0v) is 48.5. The summed E-state index contributed by atoms with van der Waals surface area (Å²) >= 11 is 0. The van der Waals surface area contributed by atoms with E-state index in [1.807, 2.05) is 0 Å². The molecule has 1 unspecified atom stereocenters. The smallest absolute Gasteiger partial charge is 0.306 e. The van der Waals surface area contributed by atoms with Gasteiger partial charge < -0.3 is 14.2 Å². The molecule has 0 radical (unpaired) electrons. The maximum Gasteiger partial charge on any atom is 0.306 e. The third-order valence-electron chi connectivity index (χ3n) is 14.4. The first-order chi connectivity index (χ1) is 35.5. The van der Waals surface area contributed by atoms with E-state index in [-0.39, 0.29) is 31.1 Å². The van der Waals surface area contributed by atoms with Crippen LogP contribution in [0, 0.1) is 0 Å². The maximum atomic E-state index is 12.8. The Labute approximate surface area is 448 Å². The molecular weight excluding hydrogens is 889 g/mol. The molecule has 422 valence electrons. The van der Waals surface area contributed by atoms with Crippen molar-refractivity contribution in [1.29, 1.82) is 0 Å². The van der Waals surface area contributed by atoms with Crippen LogP contribution >= 0.6 is 0 Å². The lowest BCUT2D eigenvalue weighted by Crippen LogP contribution is -2.30. The Hall–Kier alpha value is -2.37. The predicted molar refractivity (Wildman–Crippen MR) is 312 cm³/mol. The highest BCUT2D eigenvalue weighted by molar-refractivity contribution is 5.71. The molecule has 1 atom stereocenters. The minimum atomic E-state index is -0.765. The summed E-state index contributed by atoms with van der Waals surface area (Å²) in [6.07, 6.45) is 74.6. The van der Waals surface area contributed by atoms with Crippen LogP contribution in [0.1, 0.15) is 348 Å². The second kappa shape index (κ2) is 61.2. The summed E-state index contributed by atoms with van der Waals surface area (Å²) in [6.45, 7) is 6.66. The van der Waals surface area contributed by atoms with Crippen molar-refractivity contribution in [3.05, 3.63) is 36.5 Å². The average molecular weight is 1010 g/mol. The Morgan fingerprint density at radius 2 is 0.500 bits per heavy atom. The van der Waals surface area contributed by atoms with Gasteiger partial charge in [-0.15, -0.1) is 0 Å². The summed E-state index contributed by atoms with van der Waals surface area (Å²) < 4.78 is 16.9. The van der Waals surface area contributed by atoms with Crippen LogP contribution in [0.5, 0.6) is 0 Å². The first-order valence-corrected chi connectivity index (χ1v) is 32.0. The van der Waals surface area contributed by atoms with Gasteiger partial charge in [-0.3, -0.25) is 14.4 Å². The summed E-state index contributed by atoms with van der Waals surface area (Å²) in [5.41, 5.74) is 0. The number of carbonyl (C=O) groups excluding carboxylic acids is 3. The van der Waals surface area contributed by atoms with Gasteiger partial charge in [-0.05, 0) is 57.8 Å². The first-order valence-electron chi connectivity index (χ1n) is 32.0. The lowest BCUT2D eigenvalue weighted by Gasteiger charge is -2.18. The van der Waals surface area contributed by atoms with Crippen molar-refractivity contribution in [1.82, 2.24) is 0 Å². The molecule has 0 aliphatic rings. The lowest BCUT2D eigenvalue weighted by molar-refractivity contribution is -0.167. The van der Waals surface area contributed by atoms with Gasteiger partial charge in [0.15, 0.2) is 6.10 Å². The van der Waals surface area contributed by atoms with Gasteiger partial charge in [0.05, 0.1) is 0 Å². The van der Waals surface area contributed by atoms with Crippen LogP contribution < -0.4 is 0 Å². The van der Waals surface area contributed by atoms with E-state index in [2.05, 4.69) is 57.2 Å². The molecule has 0 N–H and O–H groups in total. The Balaban J connectivity index is 4.05. The lowest BCUT2D eigenvalue weighted by atomic mass is 10.0. The quantitative estimate of drug-likeness (QED) is 0.0261. The Kier molecular flexibility index (Phi) is 59.2. The Morgan fingerprint density at radius 3 is 0.778 bits per heavy atom. The van der Waals surface area contributed by atoms with Gasteiger partial charge in [0.25, 0.3) is 0 Å². The van der Waals surface area contributed by atoms with Gasteiger partial charge in [-0.25, -0.2) is 0 Å². The Morgan fingerprint density at radius 1 is 0.278 bits per heavy atom. The standard InChI is InChI=1S/C66H122O6/c1-4-7-10-13-16-19-21-23-25-26-27-28-29-30-31-32-33-34-35-36-37-38-39-40-41-43-44-47-50-53-56-59-65(68)71-62-63(61-70-64(67)58-55-52-49-46-18-15-12-9-6-3)72-66(69)60-57-54-51-48-45-42-24-22-20-17-14-11-8-5-2/h21,23,26-27,29-30,63H,4-20,22,24-25,28,31-62H2,1-3H3/b23-21-,27-26-,30-29-. The summed E-state index contributed by atoms with van der Waals surface area (Å²) in [5, 5.41) is 0. The SMILES string of the molecule is CCCCCCC/C=C\C/C=C\C/C=C\CCCCCCCCCCCCCCCCCCC(=O)OCC(COC(=O)CCCCCCCCCCC)OC(=O)CCCCCCCCCCCCCCCC. The molecule has 0 aliphatic heterocycles. The molecule has 0 bridgehead atoms. The molecule has 0 amide bonds. The third-order valence-corrected chi connectivity index (χ3v) is 14.4. The first kappa shape index (κ1) is 69.6. The molecule has 72 heavy (non-hydrogen) atoms. The van der Waals surface area contributed by atoms with Gasteiger partial charge in [0.1, 0.15) is 13.2 Å². The van der Waals surface area contributed by atoms with Gasteiger partial charge in [0, 0.05) is 19.3 Å². The van der Waals surface area contributed by atoms with Crippen LogP contribution in [0.3, 0.4) is 0 Å². The second-order valence-electron chi connectivity index (χ2n) is 21.7. The number of carbonyl (C=O) groups is 3. The molecule has 0 aromatic rings. The predicted octanol–water partition coefficient (Wildman–Crippen LogP) is 21.6. The molecular formula is C66H122O6. The molecule has 0 spiro atoms. The topological polar surface area (TPSA) is 78.9 Å². The van der Waals surface area contributed by atoms with Crippen LogP contribution in [-0.4, -0.2) is 37.2 Å². The molecule has 0 saturated heterocycles. The number of rotatable bonds is 59. The zero-order valence-electron chi connectivity index (χ0n) is 48.5. The number of allylic oxidation sites excluding steroid dienone is 6. The summed E-state index contributed by atoms with van der Waals surface area (Å²) in [7, 11) is 0. The van der Waals surface area contributed by atoms with Crippen molar-refractivity contribution < 1.29 is 28.6 Å². The maximum absolute atomic E-state index is 12.8. The molecule has 0 heterocycles. The summed E-state index contributed by atoms with van der Waals surface area (Å²) in [5.74, 6) is -0.847. The van der Waals surface area contributed by atoms with E-state index >= 15 is 0 Å². The van der Waals surface area contributed by atoms with E-state index in [0.29, 0.717) is 19.3 Å². The fraction of sp³-hybridized carbons (Fsp3) is 0.864. The number of ether oxygens (including phenoxy) is 3. The summed E-state index contributed by atoms with van der Waals surface area (Å²) in [4.78, 5) is 38.1. The molecule has 0 rings (SSSR count). The van der Waals surface area contributed by atoms with Gasteiger partial charge in [-0.1, -0.05) is 308 Å². The van der Waals surface area contributed by atoms with E-state index in [4.69, 9.17) is 14.2 Å². The largest absolute Gasteiger partial charge is 0.462 e. The van der Waals surface area contributed by atoms with Crippen LogP contribution in [0.15, 0.2) is 36.5 Å². The van der Waals surface area contributed by atoms with Crippen molar-refractivity contribution in [2.75, 3.05) is 13.2 Å². The van der Waals surface area contributed by atoms with Crippen LogP contribution in [0.25, 0.3) is 0 Å². The van der Waals surface area contributed by atoms with E-state index < -0.39 is 6.10 Å². The van der Waals surface area contributed by atoms with Gasteiger partial charge >= 0.3 is 17.9 Å². The fourth-order valence-corrected chi connectivity index (χ4v) is 9.57. The van der Waals surface area contributed by atoms with Crippen molar-refractivity contribution in [3.63, 3.8) is 0 Å². The Bertz CT molecular complexity index is 1210. The van der Waals surface area contributed by atoms with Gasteiger partial charge in [-0.2, -0.15) is 0 Å². The van der Waals surface area contributed by atoms with Crippen molar-refractivity contribution in [2.24, 2.45) is 0 Å². The van der Waals surface area contributed by atoms with E-state index in [9.17, 15) is 14.4 Å². The van der Waals surface area contributed by atoms with Crippen molar-refractivity contribution in [3.8, 4) is 0 Å². The normalized spacial score (nSPS) is 12.2. The molecule has 0 aromatic heterocycles. The third kappa shape index (κ3) is 58.5. The van der Waals surface area contributed by atoms with E-state index in [0.717, 1.165) is 70.6 Å². The molecule has 0 fully saturated rings. The molecule has 0 aliphatic carbocycles. The number of hydrogen-bond donors (Lipinski definition) is 0. The molecule has 0 aromatic carbocycles. The molecule has 0 saturated carbocycles. The minimum Gasteiger partial charge on any atom is -0.462 e.